The first kappa shape index (κ1) is 17.4. The van der Waals surface area contributed by atoms with E-state index in [1.54, 1.807) is 0 Å². The highest BCUT2D eigenvalue weighted by Gasteiger charge is 2.28. The molecule has 1 saturated carbocycles. The smallest absolute Gasteiger partial charge is 0.341 e. The van der Waals surface area contributed by atoms with E-state index < -0.39 is 30.1 Å². The minimum absolute atomic E-state index is 0.0625. The topological polar surface area (TPSA) is 55.4 Å². The molecule has 2 rings (SSSR count). The van der Waals surface area contributed by atoms with Crippen molar-refractivity contribution in [2.45, 2.75) is 39.2 Å². The van der Waals surface area contributed by atoms with E-state index in [1.165, 1.54) is 0 Å². The summed E-state index contributed by atoms with van der Waals surface area (Å²) in [6.07, 6.45) is 3.10. The van der Waals surface area contributed by atoms with Gasteiger partial charge in [-0.2, -0.15) is 0 Å². The maximum Gasteiger partial charge on any atom is 0.341 e. The Labute approximate surface area is 134 Å². The van der Waals surface area contributed by atoms with E-state index in [1.807, 2.05) is 0 Å². The molecule has 6 heteroatoms. The van der Waals surface area contributed by atoms with E-state index in [0.29, 0.717) is 17.9 Å². The second-order valence-corrected chi connectivity index (χ2v) is 6.14. The molecule has 0 spiro atoms. The van der Waals surface area contributed by atoms with E-state index in [4.69, 9.17) is 4.74 Å². The van der Waals surface area contributed by atoms with Crippen LogP contribution in [0, 0.1) is 23.5 Å². The van der Waals surface area contributed by atoms with Gasteiger partial charge in [0.25, 0.3) is 5.91 Å². The Morgan fingerprint density at radius 1 is 1.26 bits per heavy atom. The Morgan fingerprint density at radius 3 is 2.70 bits per heavy atom. The predicted molar refractivity (Wildman–Crippen MR) is 80.8 cm³/mol. The van der Waals surface area contributed by atoms with Crippen molar-refractivity contribution in [3.8, 4) is 0 Å². The van der Waals surface area contributed by atoms with Crippen molar-refractivity contribution >= 4 is 11.9 Å². The molecule has 1 aliphatic rings. The fraction of sp³-hybridized carbons (Fsp3) is 0.529. The zero-order chi connectivity index (χ0) is 17.0. The van der Waals surface area contributed by atoms with Crippen LogP contribution in [0.3, 0.4) is 0 Å². The van der Waals surface area contributed by atoms with Crippen LogP contribution in [0.25, 0.3) is 0 Å². The Hall–Kier alpha value is -1.98. The lowest BCUT2D eigenvalue weighted by Gasteiger charge is -2.34. The Kier molecular flexibility index (Phi) is 5.69. The van der Waals surface area contributed by atoms with E-state index >= 15 is 0 Å². The summed E-state index contributed by atoms with van der Waals surface area (Å²) >= 11 is 0. The van der Waals surface area contributed by atoms with Gasteiger partial charge in [-0.15, -0.1) is 0 Å². The van der Waals surface area contributed by atoms with Gasteiger partial charge in [0, 0.05) is 12.1 Å². The molecule has 1 aliphatic carbocycles. The van der Waals surface area contributed by atoms with Crippen molar-refractivity contribution in [2.75, 3.05) is 6.61 Å². The molecule has 0 heterocycles. The lowest BCUT2D eigenvalue weighted by Crippen LogP contribution is -2.45. The number of ether oxygens (including phenoxy) is 1. The highest BCUT2D eigenvalue weighted by atomic mass is 19.1. The van der Waals surface area contributed by atoms with Crippen LogP contribution in [-0.4, -0.2) is 24.5 Å². The van der Waals surface area contributed by atoms with Gasteiger partial charge in [0.15, 0.2) is 6.61 Å². The van der Waals surface area contributed by atoms with Crippen molar-refractivity contribution in [2.24, 2.45) is 11.8 Å². The molecule has 0 saturated heterocycles. The lowest BCUT2D eigenvalue weighted by molar-refractivity contribution is -0.125. The summed E-state index contributed by atoms with van der Waals surface area (Å²) in [6.45, 7) is 3.77. The van der Waals surface area contributed by atoms with Gasteiger partial charge in [0.05, 0.1) is 5.56 Å². The number of halogens is 2. The largest absolute Gasteiger partial charge is 0.452 e. The Bertz CT molecular complexity index is 591. The molecule has 0 radical (unpaired) electrons. The number of benzene rings is 1. The van der Waals surface area contributed by atoms with Gasteiger partial charge in [0.1, 0.15) is 11.6 Å². The molecule has 0 aliphatic heterocycles. The number of rotatable bonds is 4. The zero-order valence-corrected chi connectivity index (χ0v) is 13.3. The fourth-order valence-electron chi connectivity index (χ4n) is 2.90. The molecule has 1 fully saturated rings. The minimum atomic E-state index is -1.01. The first-order chi connectivity index (χ1) is 10.9. The molecular formula is C17H21F2NO3. The number of carbonyl (C=O) groups excluding carboxylic acids is 2. The van der Waals surface area contributed by atoms with Crippen LogP contribution >= 0.6 is 0 Å². The van der Waals surface area contributed by atoms with Gasteiger partial charge in [-0.3, -0.25) is 4.79 Å². The summed E-state index contributed by atoms with van der Waals surface area (Å²) in [5.41, 5.74) is -0.390. The van der Waals surface area contributed by atoms with Crippen molar-refractivity contribution in [3.05, 3.63) is 35.4 Å². The van der Waals surface area contributed by atoms with Crippen LogP contribution in [0.2, 0.25) is 0 Å². The molecule has 3 atom stereocenters. The highest BCUT2D eigenvalue weighted by Crippen LogP contribution is 2.29. The molecule has 126 valence electrons. The van der Waals surface area contributed by atoms with Crippen LogP contribution in [0.1, 0.15) is 43.5 Å². The summed E-state index contributed by atoms with van der Waals surface area (Å²) < 4.78 is 31.0. The Morgan fingerprint density at radius 2 is 2.00 bits per heavy atom. The summed E-state index contributed by atoms with van der Waals surface area (Å²) in [5.74, 6) is -2.29. The van der Waals surface area contributed by atoms with Crippen LogP contribution in [0.4, 0.5) is 8.78 Å². The second-order valence-electron chi connectivity index (χ2n) is 6.14. The molecule has 1 N–H and O–H groups in total. The normalized spacial score (nSPS) is 24.1. The van der Waals surface area contributed by atoms with Crippen LogP contribution in [0.15, 0.2) is 18.2 Å². The van der Waals surface area contributed by atoms with Gasteiger partial charge < -0.3 is 10.1 Å². The third kappa shape index (κ3) is 4.50. The van der Waals surface area contributed by atoms with E-state index in [0.717, 1.165) is 31.4 Å². The molecule has 1 amide bonds. The summed E-state index contributed by atoms with van der Waals surface area (Å²) in [5, 5.41) is 2.86. The SMILES string of the molecule is C[C@H]1[C@@H](NC(=O)COC(=O)c2ccc(F)cc2F)CCC[C@@H]1C. The molecule has 0 unspecified atom stereocenters. The number of hydrogen-bond acceptors (Lipinski definition) is 3. The van der Waals surface area contributed by atoms with Crippen LogP contribution in [0.5, 0.6) is 0 Å². The van der Waals surface area contributed by atoms with Gasteiger partial charge in [-0.05, 0) is 30.4 Å². The van der Waals surface area contributed by atoms with Crippen molar-refractivity contribution < 1.29 is 23.1 Å². The summed E-state index contributed by atoms with van der Waals surface area (Å²) in [7, 11) is 0. The summed E-state index contributed by atoms with van der Waals surface area (Å²) in [6, 6.07) is 2.62. The number of carbonyl (C=O) groups is 2. The monoisotopic (exact) mass is 325 g/mol. The minimum Gasteiger partial charge on any atom is -0.452 e. The molecule has 1 aromatic carbocycles. The molecular weight excluding hydrogens is 304 g/mol. The van der Waals surface area contributed by atoms with Crippen LogP contribution < -0.4 is 5.32 Å². The van der Waals surface area contributed by atoms with E-state index in [-0.39, 0.29) is 11.6 Å². The van der Waals surface area contributed by atoms with Crippen molar-refractivity contribution in [1.82, 2.24) is 5.32 Å². The maximum absolute atomic E-state index is 13.5. The third-order valence-electron chi connectivity index (χ3n) is 4.54. The maximum atomic E-state index is 13.5. The predicted octanol–water partition coefficient (Wildman–Crippen LogP) is 3.06. The van der Waals surface area contributed by atoms with Crippen molar-refractivity contribution in [1.29, 1.82) is 0 Å². The quantitative estimate of drug-likeness (QED) is 0.866. The lowest BCUT2D eigenvalue weighted by atomic mass is 9.78. The van der Waals surface area contributed by atoms with Gasteiger partial charge >= 0.3 is 5.97 Å². The third-order valence-corrected chi connectivity index (χ3v) is 4.54. The molecule has 23 heavy (non-hydrogen) atoms. The van der Waals surface area contributed by atoms with Crippen LogP contribution in [-0.2, 0) is 9.53 Å². The van der Waals surface area contributed by atoms with Gasteiger partial charge in [0.2, 0.25) is 0 Å². The molecule has 4 nitrogen and oxygen atoms in total. The van der Waals surface area contributed by atoms with E-state index in [9.17, 15) is 18.4 Å². The second kappa shape index (κ2) is 7.53. The average molecular weight is 325 g/mol. The summed E-state index contributed by atoms with van der Waals surface area (Å²) in [4.78, 5) is 23.6. The number of hydrogen-bond donors (Lipinski definition) is 1. The molecule has 0 bridgehead atoms. The van der Waals surface area contributed by atoms with Crippen molar-refractivity contribution in [3.63, 3.8) is 0 Å². The molecule has 0 aromatic heterocycles. The zero-order valence-electron chi connectivity index (χ0n) is 13.3. The number of esters is 1. The number of nitrogens with one attached hydrogen (secondary N) is 1. The van der Waals surface area contributed by atoms with Gasteiger partial charge in [-0.25, -0.2) is 13.6 Å². The first-order valence-corrected chi connectivity index (χ1v) is 7.80. The van der Waals surface area contributed by atoms with E-state index in [2.05, 4.69) is 19.2 Å². The first-order valence-electron chi connectivity index (χ1n) is 7.80. The average Bonchev–Trinajstić information content (AvgIpc) is 2.49. The Balaban J connectivity index is 1.85. The fourth-order valence-corrected chi connectivity index (χ4v) is 2.90. The van der Waals surface area contributed by atoms with Gasteiger partial charge in [-0.1, -0.05) is 26.7 Å². The molecule has 1 aromatic rings. The number of amides is 1. The standard InChI is InChI=1S/C17H21F2NO3/c1-10-4-3-5-15(11(10)2)20-16(21)9-23-17(22)13-7-6-12(18)8-14(13)19/h6-8,10-11,15H,3-5,9H2,1-2H3,(H,20,21)/t10-,11+,15-/m0/s1. The highest BCUT2D eigenvalue weighted by molar-refractivity contribution is 5.91.